The van der Waals surface area contributed by atoms with Gasteiger partial charge in [0.2, 0.25) is 0 Å². The Hall–Kier alpha value is -0.610. The van der Waals surface area contributed by atoms with E-state index in [0.29, 0.717) is 12.1 Å². The van der Waals surface area contributed by atoms with Gasteiger partial charge in [-0.05, 0) is 32.1 Å². The van der Waals surface area contributed by atoms with E-state index in [9.17, 15) is 4.79 Å². The highest BCUT2D eigenvalue weighted by molar-refractivity contribution is 5.67. The van der Waals surface area contributed by atoms with Gasteiger partial charge in [0.25, 0.3) is 0 Å². The molecule has 0 amide bonds. The van der Waals surface area contributed by atoms with Crippen LogP contribution in [0.15, 0.2) is 0 Å². The Kier molecular flexibility index (Phi) is 3.26. The fourth-order valence-corrected chi connectivity index (χ4v) is 2.37. The summed E-state index contributed by atoms with van der Waals surface area (Å²) < 4.78 is 5.69. The van der Waals surface area contributed by atoms with Crippen molar-refractivity contribution in [3.8, 4) is 0 Å². The van der Waals surface area contributed by atoms with Gasteiger partial charge in [-0.3, -0.25) is 4.79 Å². The SMILES string of the molecule is CC(CC(=O)O)NC1CCOC1C1CC1. The molecule has 3 unspecified atom stereocenters. The van der Waals surface area contributed by atoms with Gasteiger partial charge in [-0.25, -0.2) is 0 Å². The largest absolute Gasteiger partial charge is 0.481 e. The molecule has 86 valence electrons. The van der Waals surface area contributed by atoms with E-state index in [1.165, 1.54) is 12.8 Å². The first-order valence-corrected chi connectivity index (χ1v) is 5.76. The first-order chi connectivity index (χ1) is 7.16. The maximum atomic E-state index is 10.5. The molecule has 0 spiro atoms. The maximum Gasteiger partial charge on any atom is 0.304 e. The van der Waals surface area contributed by atoms with Gasteiger partial charge in [-0.15, -0.1) is 0 Å². The van der Waals surface area contributed by atoms with Gasteiger partial charge in [0, 0.05) is 18.7 Å². The Morgan fingerprint density at radius 1 is 1.53 bits per heavy atom. The van der Waals surface area contributed by atoms with Crippen LogP contribution in [0.2, 0.25) is 0 Å². The van der Waals surface area contributed by atoms with E-state index < -0.39 is 5.97 Å². The second-order valence-corrected chi connectivity index (χ2v) is 4.73. The summed E-state index contributed by atoms with van der Waals surface area (Å²) >= 11 is 0. The Morgan fingerprint density at radius 2 is 2.27 bits per heavy atom. The summed E-state index contributed by atoms with van der Waals surface area (Å²) in [5.41, 5.74) is 0. The summed E-state index contributed by atoms with van der Waals surface area (Å²) in [4.78, 5) is 10.5. The number of carboxylic acid groups (broad SMARTS) is 1. The molecule has 1 heterocycles. The molecular weight excluding hydrogens is 194 g/mol. The Labute approximate surface area is 90.0 Å². The van der Waals surface area contributed by atoms with Crippen LogP contribution in [-0.2, 0) is 9.53 Å². The molecule has 2 aliphatic rings. The number of ether oxygens (including phenoxy) is 1. The average Bonchev–Trinajstić information content (AvgIpc) is 2.87. The predicted molar refractivity (Wildman–Crippen MR) is 55.7 cm³/mol. The molecule has 2 fully saturated rings. The van der Waals surface area contributed by atoms with E-state index in [-0.39, 0.29) is 12.5 Å². The third-order valence-electron chi connectivity index (χ3n) is 3.20. The highest BCUT2D eigenvalue weighted by Gasteiger charge is 2.40. The summed E-state index contributed by atoms with van der Waals surface area (Å²) in [6, 6.07) is 0.405. The third kappa shape index (κ3) is 2.92. The lowest BCUT2D eigenvalue weighted by Crippen LogP contribution is -2.43. The Morgan fingerprint density at radius 3 is 2.87 bits per heavy atom. The zero-order valence-electron chi connectivity index (χ0n) is 9.11. The van der Waals surface area contributed by atoms with Gasteiger partial charge < -0.3 is 15.2 Å². The minimum Gasteiger partial charge on any atom is -0.481 e. The van der Waals surface area contributed by atoms with Crippen LogP contribution >= 0.6 is 0 Å². The fraction of sp³-hybridized carbons (Fsp3) is 0.909. The lowest BCUT2D eigenvalue weighted by atomic mass is 10.0. The van der Waals surface area contributed by atoms with Crippen LogP contribution in [0.1, 0.15) is 32.6 Å². The molecule has 0 radical (unpaired) electrons. The van der Waals surface area contributed by atoms with Crippen LogP contribution in [-0.4, -0.2) is 35.9 Å². The van der Waals surface area contributed by atoms with Gasteiger partial charge in [0.05, 0.1) is 12.5 Å². The summed E-state index contributed by atoms with van der Waals surface area (Å²) in [5.74, 6) is -0.0149. The van der Waals surface area contributed by atoms with Crippen molar-refractivity contribution in [3.05, 3.63) is 0 Å². The maximum absolute atomic E-state index is 10.5. The molecule has 3 atom stereocenters. The first-order valence-electron chi connectivity index (χ1n) is 5.76. The Bertz CT molecular complexity index is 240. The van der Waals surface area contributed by atoms with Crippen molar-refractivity contribution in [1.82, 2.24) is 5.32 Å². The lowest BCUT2D eigenvalue weighted by molar-refractivity contribution is -0.137. The first kappa shape index (κ1) is 10.9. The van der Waals surface area contributed by atoms with Crippen molar-refractivity contribution < 1.29 is 14.6 Å². The smallest absolute Gasteiger partial charge is 0.304 e. The van der Waals surface area contributed by atoms with Crippen molar-refractivity contribution in [1.29, 1.82) is 0 Å². The van der Waals surface area contributed by atoms with Crippen molar-refractivity contribution in [2.24, 2.45) is 5.92 Å². The summed E-state index contributed by atoms with van der Waals surface area (Å²) in [7, 11) is 0. The molecule has 4 nitrogen and oxygen atoms in total. The zero-order valence-corrected chi connectivity index (χ0v) is 9.11. The third-order valence-corrected chi connectivity index (χ3v) is 3.20. The zero-order chi connectivity index (χ0) is 10.8. The standard InChI is InChI=1S/C11H19NO3/c1-7(6-10(13)14)12-9-4-5-15-11(9)8-2-3-8/h7-9,11-12H,2-6H2,1H3,(H,13,14). The number of rotatable bonds is 5. The monoisotopic (exact) mass is 213 g/mol. The van der Waals surface area contributed by atoms with E-state index in [4.69, 9.17) is 9.84 Å². The van der Waals surface area contributed by atoms with Crippen LogP contribution in [0, 0.1) is 5.92 Å². The number of aliphatic carboxylic acids is 1. The quantitative estimate of drug-likeness (QED) is 0.715. The van der Waals surface area contributed by atoms with Crippen molar-refractivity contribution in [2.75, 3.05) is 6.61 Å². The van der Waals surface area contributed by atoms with Gasteiger partial charge in [-0.2, -0.15) is 0 Å². The van der Waals surface area contributed by atoms with Crippen LogP contribution in [0.25, 0.3) is 0 Å². The van der Waals surface area contributed by atoms with E-state index in [1.54, 1.807) is 0 Å². The topological polar surface area (TPSA) is 58.6 Å². The highest BCUT2D eigenvalue weighted by Crippen LogP contribution is 2.38. The number of hydrogen-bond acceptors (Lipinski definition) is 3. The van der Waals surface area contributed by atoms with Crippen LogP contribution in [0.3, 0.4) is 0 Å². The fourth-order valence-electron chi connectivity index (χ4n) is 2.37. The summed E-state index contributed by atoms with van der Waals surface area (Å²) in [6.07, 6.45) is 4.09. The van der Waals surface area contributed by atoms with Crippen molar-refractivity contribution in [2.45, 2.75) is 50.8 Å². The van der Waals surface area contributed by atoms with Gasteiger partial charge >= 0.3 is 5.97 Å². The molecule has 2 rings (SSSR count). The lowest BCUT2D eigenvalue weighted by Gasteiger charge is -2.23. The van der Waals surface area contributed by atoms with Crippen LogP contribution < -0.4 is 5.32 Å². The second-order valence-electron chi connectivity index (χ2n) is 4.73. The van der Waals surface area contributed by atoms with Crippen LogP contribution in [0.4, 0.5) is 0 Å². The van der Waals surface area contributed by atoms with Crippen LogP contribution in [0.5, 0.6) is 0 Å². The van der Waals surface area contributed by atoms with E-state index in [0.717, 1.165) is 18.9 Å². The molecular formula is C11H19NO3. The molecule has 1 aliphatic carbocycles. The molecule has 4 heteroatoms. The molecule has 0 bridgehead atoms. The predicted octanol–water partition coefficient (Wildman–Crippen LogP) is 1.01. The number of carbonyl (C=O) groups is 1. The van der Waals surface area contributed by atoms with E-state index in [1.807, 2.05) is 6.92 Å². The van der Waals surface area contributed by atoms with Gasteiger partial charge in [0.1, 0.15) is 0 Å². The van der Waals surface area contributed by atoms with E-state index >= 15 is 0 Å². The molecule has 0 aromatic heterocycles. The van der Waals surface area contributed by atoms with Gasteiger partial charge in [0.15, 0.2) is 0 Å². The highest BCUT2D eigenvalue weighted by atomic mass is 16.5. The van der Waals surface area contributed by atoms with E-state index in [2.05, 4.69) is 5.32 Å². The molecule has 1 saturated heterocycles. The minimum atomic E-state index is -0.739. The van der Waals surface area contributed by atoms with Crippen molar-refractivity contribution >= 4 is 5.97 Å². The number of nitrogens with one attached hydrogen (secondary N) is 1. The summed E-state index contributed by atoms with van der Waals surface area (Å²) in [6.45, 7) is 2.75. The molecule has 2 N–H and O–H groups in total. The Balaban J connectivity index is 1.79. The second kappa shape index (κ2) is 4.49. The molecule has 0 aromatic rings. The minimum absolute atomic E-state index is 0.0375. The molecule has 0 aromatic carbocycles. The number of hydrogen-bond donors (Lipinski definition) is 2. The normalized spacial score (nSPS) is 32.9. The molecule has 15 heavy (non-hydrogen) atoms. The average molecular weight is 213 g/mol. The van der Waals surface area contributed by atoms with Gasteiger partial charge in [-0.1, -0.05) is 0 Å². The number of carboxylic acids is 1. The van der Waals surface area contributed by atoms with Crippen molar-refractivity contribution in [3.63, 3.8) is 0 Å². The molecule has 1 saturated carbocycles. The summed E-state index contributed by atoms with van der Waals surface area (Å²) in [5, 5.41) is 12.0. The molecule has 1 aliphatic heterocycles.